The minimum atomic E-state index is -3.85. The third kappa shape index (κ3) is 6.41. The molecule has 0 aromatic heterocycles. The maximum atomic E-state index is 12.4. The number of nitrogens with zero attached hydrogens (tertiary/aromatic N) is 2. The highest BCUT2D eigenvalue weighted by Crippen LogP contribution is 2.26. The number of para-hydroxylation sites is 1. The molecule has 0 bridgehead atoms. The number of sulfonamides is 1. The van der Waals surface area contributed by atoms with Gasteiger partial charge in [0, 0.05) is 20.1 Å². The zero-order chi connectivity index (χ0) is 23.2. The van der Waals surface area contributed by atoms with Crippen LogP contribution in [-0.4, -0.2) is 79.3 Å². The van der Waals surface area contributed by atoms with Gasteiger partial charge < -0.3 is 14.7 Å². The van der Waals surface area contributed by atoms with E-state index in [1.54, 1.807) is 38.1 Å². The van der Waals surface area contributed by atoms with Crippen LogP contribution in [0.4, 0.5) is 4.79 Å². The predicted molar refractivity (Wildman–Crippen MR) is 113 cm³/mol. The molecule has 1 heterocycles. The Bertz CT molecular complexity index is 903. The number of carbonyl (C=O) groups excluding carboxylic acids is 2. The fourth-order valence-corrected chi connectivity index (χ4v) is 4.51. The summed E-state index contributed by atoms with van der Waals surface area (Å²) >= 11 is 0. The van der Waals surface area contributed by atoms with Crippen molar-refractivity contribution in [3.63, 3.8) is 0 Å². The number of ether oxygens (including phenoxy) is 1. The second-order valence-electron chi connectivity index (χ2n) is 7.87. The molecule has 0 saturated carbocycles. The molecule has 1 fully saturated rings. The molecule has 0 aliphatic carbocycles. The predicted octanol–water partition coefficient (Wildman–Crippen LogP) is 1.14. The first kappa shape index (κ1) is 24.6. The number of hydrogen-bond acceptors (Lipinski definition) is 6. The zero-order valence-electron chi connectivity index (χ0n) is 17.9. The quantitative estimate of drug-likeness (QED) is 0.357. The number of rotatable bonds is 12. The molecule has 1 unspecified atom stereocenters. The SMILES string of the molecule is CN1C(=O)N(CCCC(CS(=O)(=O)NCCOc2ccccc2)C(=O)O)C(=O)C1(C)C. The Hall–Kier alpha value is -2.66. The van der Waals surface area contributed by atoms with Crippen LogP contribution in [0.2, 0.25) is 0 Å². The van der Waals surface area contributed by atoms with Gasteiger partial charge in [-0.2, -0.15) is 0 Å². The largest absolute Gasteiger partial charge is 0.492 e. The smallest absolute Gasteiger partial charge is 0.327 e. The molecule has 3 amide bonds. The molecule has 1 aliphatic rings. The number of carbonyl (C=O) groups is 3. The first-order chi connectivity index (χ1) is 14.5. The number of carboxylic acid groups (broad SMARTS) is 1. The summed E-state index contributed by atoms with van der Waals surface area (Å²) in [5, 5.41) is 9.41. The van der Waals surface area contributed by atoms with Crippen LogP contribution in [0, 0.1) is 5.92 Å². The summed E-state index contributed by atoms with van der Waals surface area (Å²) in [7, 11) is -2.32. The van der Waals surface area contributed by atoms with Crippen molar-refractivity contribution in [2.24, 2.45) is 5.92 Å². The Balaban J connectivity index is 1.81. The van der Waals surface area contributed by atoms with E-state index in [9.17, 15) is 27.9 Å². The van der Waals surface area contributed by atoms with E-state index in [1.165, 1.54) is 11.9 Å². The van der Waals surface area contributed by atoms with Crippen LogP contribution in [0.5, 0.6) is 5.75 Å². The lowest BCUT2D eigenvalue weighted by atomic mass is 10.0. The van der Waals surface area contributed by atoms with Gasteiger partial charge in [-0.25, -0.2) is 17.9 Å². The Morgan fingerprint density at radius 3 is 2.42 bits per heavy atom. The van der Waals surface area contributed by atoms with Gasteiger partial charge in [-0.15, -0.1) is 0 Å². The number of urea groups is 1. The standard InChI is InChI=1S/C20H29N3O7S/c1-20(2)18(26)23(19(27)22(20)3)12-7-8-15(17(24)25)14-31(28,29)21-11-13-30-16-9-5-4-6-10-16/h4-6,9-10,15,21H,7-8,11-14H2,1-3H3,(H,24,25). The van der Waals surface area contributed by atoms with E-state index in [1.807, 2.05) is 6.07 Å². The lowest BCUT2D eigenvalue weighted by Crippen LogP contribution is -2.41. The number of carboxylic acids is 1. The van der Waals surface area contributed by atoms with Gasteiger partial charge in [0.25, 0.3) is 5.91 Å². The van der Waals surface area contributed by atoms with E-state index in [4.69, 9.17) is 4.74 Å². The van der Waals surface area contributed by atoms with Gasteiger partial charge in [0.2, 0.25) is 10.0 Å². The minimum Gasteiger partial charge on any atom is -0.492 e. The molecular weight excluding hydrogens is 426 g/mol. The van der Waals surface area contributed by atoms with Gasteiger partial charge >= 0.3 is 12.0 Å². The van der Waals surface area contributed by atoms with E-state index in [2.05, 4.69) is 4.72 Å². The van der Waals surface area contributed by atoms with Crippen molar-refractivity contribution in [3.05, 3.63) is 30.3 Å². The summed E-state index contributed by atoms with van der Waals surface area (Å²) in [6, 6.07) is 8.44. The fourth-order valence-electron chi connectivity index (χ4n) is 3.16. The van der Waals surface area contributed by atoms with Crippen molar-refractivity contribution in [3.8, 4) is 5.75 Å². The number of hydrogen-bond donors (Lipinski definition) is 2. The molecule has 2 N–H and O–H groups in total. The molecule has 1 saturated heterocycles. The molecule has 1 aromatic carbocycles. The Kier molecular flexibility index (Phi) is 8.02. The van der Waals surface area contributed by atoms with Gasteiger partial charge in [-0.05, 0) is 38.8 Å². The van der Waals surface area contributed by atoms with E-state index >= 15 is 0 Å². The average Bonchev–Trinajstić information content (AvgIpc) is 2.85. The zero-order valence-corrected chi connectivity index (χ0v) is 18.7. The topological polar surface area (TPSA) is 133 Å². The van der Waals surface area contributed by atoms with Crippen molar-refractivity contribution in [2.75, 3.05) is 32.5 Å². The van der Waals surface area contributed by atoms with Crippen LogP contribution < -0.4 is 9.46 Å². The summed E-state index contributed by atoms with van der Waals surface area (Å²) in [5.41, 5.74) is -0.960. The molecule has 10 nitrogen and oxygen atoms in total. The summed E-state index contributed by atoms with van der Waals surface area (Å²) in [5.74, 6) is -2.76. The Morgan fingerprint density at radius 2 is 1.87 bits per heavy atom. The summed E-state index contributed by atoms with van der Waals surface area (Å²) in [4.78, 5) is 38.5. The highest BCUT2D eigenvalue weighted by molar-refractivity contribution is 7.89. The van der Waals surface area contributed by atoms with Crippen molar-refractivity contribution in [1.29, 1.82) is 0 Å². The van der Waals surface area contributed by atoms with Crippen molar-refractivity contribution in [1.82, 2.24) is 14.5 Å². The van der Waals surface area contributed by atoms with Crippen molar-refractivity contribution < 1.29 is 32.6 Å². The average molecular weight is 456 g/mol. The van der Waals surface area contributed by atoms with Gasteiger partial charge in [-0.1, -0.05) is 18.2 Å². The molecule has 1 aromatic rings. The van der Waals surface area contributed by atoms with Crippen LogP contribution >= 0.6 is 0 Å². The van der Waals surface area contributed by atoms with E-state index in [0.29, 0.717) is 5.75 Å². The first-order valence-electron chi connectivity index (χ1n) is 9.93. The number of benzene rings is 1. The van der Waals surface area contributed by atoms with Gasteiger partial charge in [-0.3, -0.25) is 14.5 Å². The van der Waals surface area contributed by atoms with Crippen molar-refractivity contribution >= 4 is 27.9 Å². The summed E-state index contributed by atoms with van der Waals surface area (Å²) in [6.45, 7) is 3.40. The molecule has 1 atom stereocenters. The third-order valence-electron chi connectivity index (χ3n) is 5.27. The normalized spacial score (nSPS) is 17.1. The molecule has 0 radical (unpaired) electrons. The monoisotopic (exact) mass is 455 g/mol. The van der Waals surface area contributed by atoms with Gasteiger partial charge in [0.1, 0.15) is 17.9 Å². The highest BCUT2D eigenvalue weighted by Gasteiger charge is 2.48. The molecule has 0 spiro atoms. The Labute approximate surface area is 182 Å². The second kappa shape index (κ2) is 10.1. The number of aliphatic carboxylic acids is 1. The van der Waals surface area contributed by atoms with E-state index < -0.39 is 39.2 Å². The summed E-state index contributed by atoms with van der Waals surface area (Å²) < 4.78 is 32.2. The van der Waals surface area contributed by atoms with Gasteiger partial charge in [0.05, 0.1) is 11.7 Å². The minimum absolute atomic E-state index is 0.00175. The first-order valence-corrected chi connectivity index (χ1v) is 11.6. The van der Waals surface area contributed by atoms with Crippen LogP contribution in [0.15, 0.2) is 30.3 Å². The highest BCUT2D eigenvalue weighted by atomic mass is 32.2. The van der Waals surface area contributed by atoms with Crippen molar-refractivity contribution in [2.45, 2.75) is 32.2 Å². The molecule has 2 rings (SSSR count). The van der Waals surface area contributed by atoms with E-state index in [-0.39, 0.29) is 38.4 Å². The lowest BCUT2D eigenvalue weighted by molar-refractivity contribution is -0.141. The maximum Gasteiger partial charge on any atom is 0.327 e. The molecule has 172 valence electrons. The van der Waals surface area contributed by atoms with Crippen LogP contribution in [0.1, 0.15) is 26.7 Å². The number of likely N-dealkylation sites (N-methyl/N-ethyl adjacent to an activating group) is 1. The fraction of sp³-hybridized carbons (Fsp3) is 0.550. The number of imide groups is 1. The molecule has 11 heteroatoms. The van der Waals surface area contributed by atoms with E-state index in [0.717, 1.165) is 4.90 Å². The number of amides is 3. The molecular formula is C20H29N3O7S. The lowest BCUT2D eigenvalue weighted by Gasteiger charge is -2.22. The third-order valence-corrected chi connectivity index (χ3v) is 6.75. The van der Waals surface area contributed by atoms with Crippen LogP contribution in [-0.2, 0) is 19.6 Å². The van der Waals surface area contributed by atoms with Crippen LogP contribution in [0.3, 0.4) is 0 Å². The summed E-state index contributed by atoms with van der Waals surface area (Å²) in [6.07, 6.45) is 0.197. The number of nitrogens with one attached hydrogen (secondary N) is 1. The Morgan fingerprint density at radius 1 is 1.23 bits per heavy atom. The van der Waals surface area contributed by atoms with Gasteiger partial charge in [0.15, 0.2) is 0 Å². The molecule has 31 heavy (non-hydrogen) atoms. The van der Waals surface area contributed by atoms with Crippen LogP contribution in [0.25, 0.3) is 0 Å². The maximum absolute atomic E-state index is 12.4. The molecule has 1 aliphatic heterocycles. The second-order valence-corrected chi connectivity index (χ2v) is 9.72.